The molecule has 0 fully saturated rings. The highest BCUT2D eigenvalue weighted by Gasteiger charge is 2.14. The summed E-state index contributed by atoms with van der Waals surface area (Å²) >= 11 is 0. The monoisotopic (exact) mass is 285 g/mol. The molecule has 0 saturated carbocycles. The van der Waals surface area contributed by atoms with Crippen molar-refractivity contribution in [3.63, 3.8) is 0 Å². The molecule has 1 unspecified atom stereocenters. The Hall–Kier alpha value is -2.40. The Kier molecular flexibility index (Phi) is 4.90. The summed E-state index contributed by atoms with van der Waals surface area (Å²) in [6.07, 6.45) is 2.74. The van der Waals surface area contributed by atoms with Crippen LogP contribution in [0.1, 0.15) is 25.5 Å². The maximum Gasteiger partial charge on any atom is 0.326 e. The molecule has 5 heteroatoms. The number of amides is 2. The van der Waals surface area contributed by atoms with Gasteiger partial charge in [-0.1, -0.05) is 12.1 Å². The van der Waals surface area contributed by atoms with Crippen LogP contribution in [0.3, 0.4) is 0 Å². The van der Waals surface area contributed by atoms with Gasteiger partial charge >= 0.3 is 6.03 Å². The van der Waals surface area contributed by atoms with Crippen molar-refractivity contribution in [2.45, 2.75) is 20.0 Å². The maximum absolute atomic E-state index is 12.4. The summed E-state index contributed by atoms with van der Waals surface area (Å²) in [6.45, 7) is 4.15. The van der Waals surface area contributed by atoms with Gasteiger partial charge in [-0.15, -0.1) is 0 Å². The minimum absolute atomic E-state index is 0.216. The maximum atomic E-state index is 12.4. The molecule has 0 saturated heterocycles. The Morgan fingerprint density at radius 1 is 1.33 bits per heavy atom. The van der Waals surface area contributed by atoms with Crippen LogP contribution < -0.4 is 10.2 Å². The number of benzene rings is 1. The molecular weight excluding hydrogens is 266 g/mol. The summed E-state index contributed by atoms with van der Waals surface area (Å²) in [5, 5.41) is 12.4. The molecule has 0 radical (unpaired) electrons. The van der Waals surface area contributed by atoms with E-state index in [-0.39, 0.29) is 6.03 Å². The number of aliphatic hydroxyl groups is 1. The third kappa shape index (κ3) is 3.79. The van der Waals surface area contributed by atoms with E-state index in [0.29, 0.717) is 12.2 Å². The molecule has 0 aliphatic carbocycles. The molecule has 1 heterocycles. The summed E-state index contributed by atoms with van der Waals surface area (Å²) in [4.78, 5) is 17.9. The van der Waals surface area contributed by atoms with Gasteiger partial charge < -0.3 is 10.4 Å². The summed E-state index contributed by atoms with van der Waals surface area (Å²) < 4.78 is 0. The van der Waals surface area contributed by atoms with Crippen LogP contribution in [-0.4, -0.2) is 22.7 Å². The molecular formula is C16H19N3O2. The van der Waals surface area contributed by atoms with Gasteiger partial charge in [0.25, 0.3) is 0 Å². The molecule has 0 aliphatic heterocycles. The predicted molar refractivity (Wildman–Crippen MR) is 83.4 cm³/mol. The molecule has 0 bridgehead atoms. The number of urea groups is 1. The fraction of sp³-hybridized carbons (Fsp3) is 0.250. The third-order valence-corrected chi connectivity index (χ3v) is 3.16. The van der Waals surface area contributed by atoms with Gasteiger partial charge in [0, 0.05) is 30.3 Å². The fourth-order valence-corrected chi connectivity index (χ4v) is 2.03. The molecule has 2 aromatic rings. The molecule has 1 aromatic heterocycles. The van der Waals surface area contributed by atoms with Crippen LogP contribution >= 0.6 is 0 Å². The van der Waals surface area contributed by atoms with Gasteiger partial charge in [0.15, 0.2) is 0 Å². The number of hydrogen-bond donors (Lipinski definition) is 2. The zero-order valence-corrected chi connectivity index (χ0v) is 12.2. The van der Waals surface area contributed by atoms with Crippen molar-refractivity contribution in [1.82, 2.24) is 4.98 Å². The van der Waals surface area contributed by atoms with Crippen LogP contribution in [0.15, 0.2) is 48.8 Å². The van der Waals surface area contributed by atoms with Crippen molar-refractivity contribution < 1.29 is 9.90 Å². The number of hydrogen-bond acceptors (Lipinski definition) is 3. The zero-order chi connectivity index (χ0) is 15.2. The molecule has 1 atom stereocenters. The summed E-state index contributed by atoms with van der Waals surface area (Å²) in [7, 11) is 0. The first-order valence-electron chi connectivity index (χ1n) is 6.88. The van der Waals surface area contributed by atoms with E-state index in [1.165, 1.54) is 0 Å². The van der Waals surface area contributed by atoms with Gasteiger partial charge in [0.05, 0.1) is 6.10 Å². The highest BCUT2D eigenvalue weighted by Crippen LogP contribution is 2.19. The van der Waals surface area contributed by atoms with E-state index in [2.05, 4.69) is 10.3 Å². The van der Waals surface area contributed by atoms with Gasteiger partial charge in [0.2, 0.25) is 0 Å². The van der Waals surface area contributed by atoms with Gasteiger partial charge in [-0.3, -0.25) is 9.88 Å². The second-order valence-corrected chi connectivity index (χ2v) is 4.68. The highest BCUT2D eigenvalue weighted by molar-refractivity contribution is 6.01. The first-order chi connectivity index (χ1) is 10.1. The van der Waals surface area contributed by atoms with Crippen LogP contribution in [0.2, 0.25) is 0 Å². The second kappa shape index (κ2) is 6.85. The van der Waals surface area contributed by atoms with Crippen molar-refractivity contribution in [3.05, 3.63) is 54.4 Å². The van der Waals surface area contributed by atoms with Crippen LogP contribution in [0.25, 0.3) is 0 Å². The van der Waals surface area contributed by atoms with E-state index < -0.39 is 6.10 Å². The van der Waals surface area contributed by atoms with Gasteiger partial charge in [-0.05, 0) is 43.7 Å². The Balaban J connectivity index is 2.15. The molecule has 0 aliphatic rings. The number of pyridine rings is 1. The standard InChI is InChI=1S/C16H19N3O2/c1-3-19(15-7-9-17-10-8-15)16(21)18-14-6-4-5-13(11-14)12(2)20/h4-12,20H,3H2,1-2H3,(H,18,21). The minimum Gasteiger partial charge on any atom is -0.389 e. The lowest BCUT2D eigenvalue weighted by molar-refractivity contribution is 0.199. The number of anilines is 2. The first kappa shape index (κ1) is 15.0. The van der Waals surface area contributed by atoms with Crippen LogP contribution in [0.4, 0.5) is 16.2 Å². The quantitative estimate of drug-likeness (QED) is 0.906. The molecule has 5 nitrogen and oxygen atoms in total. The van der Waals surface area contributed by atoms with E-state index in [4.69, 9.17) is 0 Å². The Bertz CT molecular complexity index is 599. The topological polar surface area (TPSA) is 65.5 Å². The molecule has 1 aromatic carbocycles. The molecule has 2 amide bonds. The summed E-state index contributed by atoms with van der Waals surface area (Å²) in [5.41, 5.74) is 2.21. The van der Waals surface area contributed by atoms with Crippen molar-refractivity contribution in [2.24, 2.45) is 0 Å². The second-order valence-electron chi connectivity index (χ2n) is 4.68. The average Bonchev–Trinajstić information content (AvgIpc) is 2.49. The number of carbonyl (C=O) groups excluding carboxylic acids is 1. The fourth-order valence-electron chi connectivity index (χ4n) is 2.03. The Morgan fingerprint density at radius 2 is 2.05 bits per heavy atom. The SMILES string of the molecule is CCN(C(=O)Nc1cccc(C(C)O)c1)c1ccncc1. The Morgan fingerprint density at radius 3 is 2.67 bits per heavy atom. The van der Waals surface area contributed by atoms with E-state index in [9.17, 15) is 9.90 Å². The molecule has 0 spiro atoms. The van der Waals surface area contributed by atoms with Crippen LogP contribution in [-0.2, 0) is 0 Å². The van der Waals surface area contributed by atoms with E-state index >= 15 is 0 Å². The molecule has 110 valence electrons. The third-order valence-electron chi connectivity index (χ3n) is 3.16. The van der Waals surface area contributed by atoms with Crippen molar-refractivity contribution >= 4 is 17.4 Å². The lowest BCUT2D eigenvalue weighted by atomic mass is 10.1. The molecule has 2 N–H and O–H groups in total. The van der Waals surface area contributed by atoms with Crippen LogP contribution in [0, 0.1) is 0 Å². The van der Waals surface area contributed by atoms with Crippen molar-refractivity contribution in [2.75, 3.05) is 16.8 Å². The van der Waals surface area contributed by atoms with Gasteiger partial charge in [0.1, 0.15) is 0 Å². The number of aromatic nitrogens is 1. The van der Waals surface area contributed by atoms with E-state index in [0.717, 1.165) is 11.3 Å². The Labute approximate surface area is 124 Å². The van der Waals surface area contributed by atoms with Crippen LogP contribution in [0.5, 0.6) is 0 Å². The summed E-state index contributed by atoms with van der Waals surface area (Å²) in [6, 6.07) is 10.5. The smallest absolute Gasteiger partial charge is 0.326 e. The van der Waals surface area contributed by atoms with Crippen molar-refractivity contribution in [1.29, 1.82) is 0 Å². The number of aliphatic hydroxyl groups excluding tert-OH is 1. The average molecular weight is 285 g/mol. The highest BCUT2D eigenvalue weighted by atomic mass is 16.3. The number of carbonyl (C=O) groups is 1. The first-order valence-corrected chi connectivity index (χ1v) is 6.88. The van der Waals surface area contributed by atoms with Gasteiger partial charge in [-0.25, -0.2) is 4.79 Å². The molecule has 21 heavy (non-hydrogen) atoms. The summed E-state index contributed by atoms with van der Waals surface area (Å²) in [5.74, 6) is 0. The van der Waals surface area contributed by atoms with Crippen molar-refractivity contribution in [3.8, 4) is 0 Å². The minimum atomic E-state index is -0.565. The lowest BCUT2D eigenvalue weighted by Gasteiger charge is -2.21. The molecule has 2 rings (SSSR count). The lowest BCUT2D eigenvalue weighted by Crippen LogP contribution is -2.34. The largest absolute Gasteiger partial charge is 0.389 e. The number of rotatable bonds is 4. The number of nitrogens with zero attached hydrogens (tertiary/aromatic N) is 2. The number of nitrogens with one attached hydrogen (secondary N) is 1. The van der Waals surface area contributed by atoms with Gasteiger partial charge in [-0.2, -0.15) is 0 Å². The van der Waals surface area contributed by atoms with E-state index in [1.807, 2.05) is 13.0 Å². The predicted octanol–water partition coefficient (Wildman–Crippen LogP) is 3.19. The normalized spacial score (nSPS) is 11.8. The van der Waals surface area contributed by atoms with E-state index in [1.54, 1.807) is 54.5 Å². The zero-order valence-electron chi connectivity index (χ0n) is 12.2.